The Labute approximate surface area is 95.4 Å². The first kappa shape index (κ1) is 13.0. The molecule has 0 aromatic carbocycles. The summed E-state index contributed by atoms with van der Waals surface area (Å²) in [5, 5.41) is 3.62. The van der Waals surface area contributed by atoms with Gasteiger partial charge in [0.25, 0.3) is 0 Å². The fourth-order valence-corrected chi connectivity index (χ4v) is 3.24. The maximum absolute atomic E-state index is 3.62. The summed E-state index contributed by atoms with van der Waals surface area (Å²) in [6, 6.07) is 0.607. The Morgan fingerprint density at radius 1 is 1.13 bits per heavy atom. The van der Waals surface area contributed by atoms with Gasteiger partial charge in [0.1, 0.15) is 0 Å². The summed E-state index contributed by atoms with van der Waals surface area (Å²) in [6.07, 6.45) is 5.30. The summed E-state index contributed by atoms with van der Waals surface area (Å²) in [4.78, 5) is 2.72. The first-order valence-electron chi connectivity index (χ1n) is 6.69. The Hall–Kier alpha value is -0.0800. The Bertz CT molecular complexity index is 169. The first-order valence-corrected chi connectivity index (χ1v) is 6.69. The number of hydrogen-bond acceptors (Lipinski definition) is 2. The molecule has 1 fully saturated rings. The summed E-state index contributed by atoms with van der Waals surface area (Å²) >= 11 is 0. The molecule has 0 radical (unpaired) electrons. The van der Waals surface area contributed by atoms with E-state index in [-0.39, 0.29) is 0 Å². The average molecular weight is 212 g/mol. The quantitative estimate of drug-likeness (QED) is 0.728. The zero-order valence-corrected chi connectivity index (χ0v) is 11.0. The van der Waals surface area contributed by atoms with E-state index in [1.54, 1.807) is 0 Å². The van der Waals surface area contributed by atoms with Crippen LogP contribution >= 0.6 is 0 Å². The number of rotatable bonds is 6. The molecule has 1 N–H and O–H groups in total. The fraction of sp³-hybridized carbons (Fsp3) is 1.00. The van der Waals surface area contributed by atoms with Gasteiger partial charge >= 0.3 is 0 Å². The van der Waals surface area contributed by atoms with Crippen molar-refractivity contribution in [3.63, 3.8) is 0 Å². The molecule has 2 heteroatoms. The molecule has 1 atom stereocenters. The standard InChI is InChI=1S/C13H28N2/c1-5-13(6-2,12(4)14-7-3)15-10-8-9-11-15/h12,14H,5-11H2,1-4H3. The van der Waals surface area contributed by atoms with Crippen molar-refractivity contribution in [1.82, 2.24) is 10.2 Å². The second-order valence-corrected chi connectivity index (χ2v) is 4.78. The maximum Gasteiger partial charge on any atom is 0.0354 e. The van der Waals surface area contributed by atoms with Crippen molar-refractivity contribution in [2.75, 3.05) is 19.6 Å². The highest BCUT2D eigenvalue weighted by Crippen LogP contribution is 2.31. The van der Waals surface area contributed by atoms with Crippen molar-refractivity contribution in [2.24, 2.45) is 0 Å². The van der Waals surface area contributed by atoms with E-state index in [1.807, 2.05) is 0 Å². The van der Waals surface area contributed by atoms with Crippen LogP contribution in [0.4, 0.5) is 0 Å². The largest absolute Gasteiger partial charge is 0.313 e. The van der Waals surface area contributed by atoms with Gasteiger partial charge in [-0.2, -0.15) is 0 Å². The summed E-state index contributed by atoms with van der Waals surface area (Å²) in [5.74, 6) is 0. The van der Waals surface area contributed by atoms with Crippen LogP contribution in [0.25, 0.3) is 0 Å². The molecule has 0 aromatic heterocycles. The smallest absolute Gasteiger partial charge is 0.0354 e. The summed E-state index contributed by atoms with van der Waals surface area (Å²) in [5.41, 5.74) is 0.395. The molecule has 1 aliphatic heterocycles. The predicted octanol–water partition coefficient (Wildman–Crippen LogP) is 2.64. The third-order valence-corrected chi connectivity index (χ3v) is 4.28. The Balaban J connectivity index is 2.74. The topological polar surface area (TPSA) is 15.3 Å². The van der Waals surface area contributed by atoms with E-state index in [0.29, 0.717) is 11.6 Å². The van der Waals surface area contributed by atoms with Gasteiger partial charge in [0.15, 0.2) is 0 Å². The van der Waals surface area contributed by atoms with Crippen LogP contribution in [0.5, 0.6) is 0 Å². The molecule has 1 heterocycles. The highest BCUT2D eigenvalue weighted by atomic mass is 15.2. The Morgan fingerprint density at radius 3 is 2.07 bits per heavy atom. The van der Waals surface area contributed by atoms with Gasteiger partial charge in [-0.3, -0.25) is 4.90 Å². The van der Waals surface area contributed by atoms with Crippen molar-refractivity contribution < 1.29 is 0 Å². The molecule has 2 nitrogen and oxygen atoms in total. The molecular weight excluding hydrogens is 184 g/mol. The van der Waals surface area contributed by atoms with Crippen molar-refractivity contribution >= 4 is 0 Å². The average Bonchev–Trinajstić information content (AvgIpc) is 2.75. The van der Waals surface area contributed by atoms with Crippen LogP contribution in [-0.2, 0) is 0 Å². The summed E-state index contributed by atoms with van der Waals surface area (Å²) in [6.45, 7) is 12.9. The van der Waals surface area contributed by atoms with Gasteiger partial charge in [0.05, 0.1) is 0 Å². The molecular formula is C13H28N2. The third-order valence-electron chi connectivity index (χ3n) is 4.28. The fourth-order valence-electron chi connectivity index (χ4n) is 3.24. The van der Waals surface area contributed by atoms with Crippen molar-refractivity contribution in [1.29, 1.82) is 0 Å². The molecule has 1 aliphatic rings. The van der Waals surface area contributed by atoms with Crippen LogP contribution < -0.4 is 5.32 Å². The monoisotopic (exact) mass is 212 g/mol. The van der Waals surface area contributed by atoms with Crippen LogP contribution in [0, 0.1) is 0 Å². The lowest BCUT2D eigenvalue weighted by Crippen LogP contribution is -2.58. The minimum absolute atomic E-state index is 0.395. The Morgan fingerprint density at radius 2 is 1.67 bits per heavy atom. The van der Waals surface area contributed by atoms with E-state index in [4.69, 9.17) is 0 Å². The van der Waals surface area contributed by atoms with Gasteiger partial charge in [-0.05, 0) is 52.2 Å². The van der Waals surface area contributed by atoms with Crippen molar-refractivity contribution in [3.8, 4) is 0 Å². The van der Waals surface area contributed by atoms with Crippen molar-refractivity contribution in [2.45, 2.75) is 65.0 Å². The van der Waals surface area contributed by atoms with Gasteiger partial charge in [0, 0.05) is 11.6 Å². The van der Waals surface area contributed by atoms with Gasteiger partial charge in [-0.25, -0.2) is 0 Å². The number of hydrogen-bond donors (Lipinski definition) is 1. The van der Waals surface area contributed by atoms with E-state index < -0.39 is 0 Å². The molecule has 90 valence electrons. The van der Waals surface area contributed by atoms with E-state index in [9.17, 15) is 0 Å². The van der Waals surface area contributed by atoms with E-state index >= 15 is 0 Å². The van der Waals surface area contributed by atoms with Crippen LogP contribution in [0.2, 0.25) is 0 Å². The number of nitrogens with one attached hydrogen (secondary N) is 1. The highest BCUT2D eigenvalue weighted by Gasteiger charge is 2.39. The van der Waals surface area contributed by atoms with Crippen molar-refractivity contribution in [3.05, 3.63) is 0 Å². The number of likely N-dealkylation sites (tertiary alicyclic amines) is 1. The summed E-state index contributed by atoms with van der Waals surface area (Å²) in [7, 11) is 0. The van der Waals surface area contributed by atoms with Crippen LogP contribution in [0.1, 0.15) is 53.4 Å². The van der Waals surface area contributed by atoms with Gasteiger partial charge in [0.2, 0.25) is 0 Å². The molecule has 0 bridgehead atoms. The van der Waals surface area contributed by atoms with E-state index in [2.05, 4.69) is 37.9 Å². The number of likely N-dealkylation sites (N-methyl/N-ethyl adjacent to an activating group) is 1. The molecule has 15 heavy (non-hydrogen) atoms. The second kappa shape index (κ2) is 5.86. The Kier molecular flexibility index (Phi) is 5.07. The first-order chi connectivity index (χ1) is 7.21. The molecule has 0 aliphatic carbocycles. The highest BCUT2D eigenvalue weighted by molar-refractivity contribution is 4.98. The third kappa shape index (κ3) is 2.54. The molecule has 1 rings (SSSR count). The maximum atomic E-state index is 3.62. The zero-order chi connectivity index (χ0) is 11.3. The minimum Gasteiger partial charge on any atom is -0.313 e. The lowest BCUT2D eigenvalue weighted by Gasteiger charge is -2.46. The minimum atomic E-state index is 0.395. The molecule has 0 spiro atoms. The van der Waals surface area contributed by atoms with Gasteiger partial charge in [-0.15, -0.1) is 0 Å². The van der Waals surface area contributed by atoms with Gasteiger partial charge in [-0.1, -0.05) is 20.8 Å². The predicted molar refractivity (Wildman–Crippen MR) is 67.3 cm³/mol. The second-order valence-electron chi connectivity index (χ2n) is 4.78. The summed E-state index contributed by atoms with van der Waals surface area (Å²) < 4.78 is 0. The normalized spacial score (nSPS) is 20.8. The number of nitrogens with zero attached hydrogens (tertiary/aromatic N) is 1. The van der Waals surface area contributed by atoms with Crippen LogP contribution in [0.15, 0.2) is 0 Å². The molecule has 0 amide bonds. The zero-order valence-electron chi connectivity index (χ0n) is 11.0. The van der Waals surface area contributed by atoms with E-state index in [1.165, 1.54) is 38.8 Å². The molecule has 1 saturated heterocycles. The van der Waals surface area contributed by atoms with Gasteiger partial charge < -0.3 is 5.32 Å². The molecule has 0 aromatic rings. The van der Waals surface area contributed by atoms with E-state index in [0.717, 1.165) is 6.54 Å². The molecule has 0 saturated carbocycles. The SMILES string of the molecule is CCNC(C)C(CC)(CC)N1CCCC1. The molecule has 1 unspecified atom stereocenters. The lowest BCUT2D eigenvalue weighted by atomic mass is 9.83. The van der Waals surface area contributed by atoms with Crippen LogP contribution in [-0.4, -0.2) is 36.1 Å². The van der Waals surface area contributed by atoms with Crippen LogP contribution in [0.3, 0.4) is 0 Å². The lowest BCUT2D eigenvalue weighted by molar-refractivity contribution is 0.0695.